The van der Waals surface area contributed by atoms with Crippen molar-refractivity contribution in [1.29, 1.82) is 0 Å². The topological polar surface area (TPSA) is 38.8 Å². The minimum Gasteiger partial charge on any atom is -0.489 e. The van der Waals surface area contributed by atoms with Crippen molar-refractivity contribution in [3.05, 3.63) is 30.1 Å². The lowest BCUT2D eigenvalue weighted by atomic mass is 10.2. The minimum absolute atomic E-state index is 0.0327. The summed E-state index contributed by atoms with van der Waals surface area (Å²) in [5.74, 6) is -0.217. The first-order valence-electron chi connectivity index (χ1n) is 6.42. The van der Waals surface area contributed by atoms with Gasteiger partial charge < -0.3 is 14.4 Å². The van der Waals surface area contributed by atoms with Gasteiger partial charge in [-0.05, 0) is 25.0 Å². The van der Waals surface area contributed by atoms with Gasteiger partial charge in [0.1, 0.15) is 12.7 Å². The van der Waals surface area contributed by atoms with Gasteiger partial charge in [0.2, 0.25) is 0 Å². The maximum atomic E-state index is 13.3. The Balaban J connectivity index is 1.76. The van der Waals surface area contributed by atoms with Crippen molar-refractivity contribution in [3.63, 3.8) is 0 Å². The van der Waals surface area contributed by atoms with Crippen LogP contribution in [0.2, 0.25) is 0 Å². The largest absolute Gasteiger partial charge is 0.489 e. The molecular formula is C14H18FNO3. The Hall–Kier alpha value is -1.62. The highest BCUT2D eigenvalue weighted by Crippen LogP contribution is 2.16. The van der Waals surface area contributed by atoms with Crippen LogP contribution < -0.4 is 4.74 Å². The number of halogens is 1. The molecular weight excluding hydrogens is 249 g/mol. The molecule has 1 atom stereocenters. The zero-order valence-corrected chi connectivity index (χ0v) is 11.0. The molecule has 2 rings (SSSR count). The van der Waals surface area contributed by atoms with E-state index in [0.717, 1.165) is 12.8 Å². The number of benzene rings is 1. The molecule has 1 saturated heterocycles. The van der Waals surface area contributed by atoms with Gasteiger partial charge in [0.15, 0.2) is 11.6 Å². The molecule has 0 saturated carbocycles. The number of ether oxygens (including phenoxy) is 2. The first-order valence-corrected chi connectivity index (χ1v) is 6.42. The smallest absolute Gasteiger partial charge is 0.251 e. The van der Waals surface area contributed by atoms with Crippen LogP contribution in [0.3, 0.4) is 0 Å². The van der Waals surface area contributed by atoms with E-state index in [1.165, 1.54) is 6.07 Å². The molecule has 0 aromatic heterocycles. The number of hydrogen-bond acceptors (Lipinski definition) is 3. The SMILES string of the molecule is CN(CCOc1ccccc1F)C(=O)C1CCCO1. The average Bonchev–Trinajstić information content (AvgIpc) is 2.94. The molecule has 4 nitrogen and oxygen atoms in total. The summed E-state index contributed by atoms with van der Waals surface area (Å²) in [5, 5.41) is 0. The van der Waals surface area contributed by atoms with Gasteiger partial charge in [-0.25, -0.2) is 4.39 Å². The predicted molar refractivity (Wildman–Crippen MR) is 68.5 cm³/mol. The number of carbonyl (C=O) groups is 1. The van der Waals surface area contributed by atoms with Gasteiger partial charge in [0, 0.05) is 13.7 Å². The van der Waals surface area contributed by atoms with Crippen molar-refractivity contribution in [2.24, 2.45) is 0 Å². The van der Waals surface area contributed by atoms with Crippen molar-refractivity contribution in [3.8, 4) is 5.75 Å². The molecule has 5 heteroatoms. The number of carbonyl (C=O) groups excluding carboxylic acids is 1. The van der Waals surface area contributed by atoms with Gasteiger partial charge in [0.25, 0.3) is 5.91 Å². The monoisotopic (exact) mass is 267 g/mol. The fourth-order valence-corrected chi connectivity index (χ4v) is 1.98. The fraction of sp³-hybridized carbons (Fsp3) is 0.500. The second-order valence-corrected chi connectivity index (χ2v) is 4.54. The lowest BCUT2D eigenvalue weighted by Gasteiger charge is -2.20. The minimum atomic E-state index is -0.393. The molecule has 1 unspecified atom stereocenters. The fourth-order valence-electron chi connectivity index (χ4n) is 1.98. The highest BCUT2D eigenvalue weighted by molar-refractivity contribution is 5.80. The zero-order chi connectivity index (χ0) is 13.7. The summed E-state index contributed by atoms with van der Waals surface area (Å²) in [4.78, 5) is 13.5. The number of nitrogens with zero attached hydrogens (tertiary/aromatic N) is 1. The van der Waals surface area contributed by atoms with E-state index in [2.05, 4.69) is 0 Å². The van der Waals surface area contributed by atoms with Crippen LogP contribution in [0.5, 0.6) is 5.75 Å². The molecule has 0 spiro atoms. The van der Waals surface area contributed by atoms with E-state index in [9.17, 15) is 9.18 Å². The van der Waals surface area contributed by atoms with Gasteiger partial charge >= 0.3 is 0 Å². The molecule has 0 aliphatic carbocycles. The summed E-state index contributed by atoms with van der Waals surface area (Å²) < 4.78 is 23.9. The van der Waals surface area contributed by atoms with E-state index in [1.54, 1.807) is 30.1 Å². The second-order valence-electron chi connectivity index (χ2n) is 4.54. The standard InChI is InChI=1S/C14H18FNO3/c1-16(14(17)13-7-4-9-18-13)8-10-19-12-6-3-2-5-11(12)15/h2-3,5-6,13H,4,7-10H2,1H3. The molecule has 1 aliphatic rings. The first-order chi connectivity index (χ1) is 9.18. The van der Waals surface area contributed by atoms with E-state index >= 15 is 0 Å². The van der Waals surface area contributed by atoms with Crippen molar-refractivity contribution in [1.82, 2.24) is 4.90 Å². The van der Waals surface area contributed by atoms with Crippen LogP contribution in [-0.2, 0) is 9.53 Å². The van der Waals surface area contributed by atoms with Crippen molar-refractivity contribution in [2.75, 3.05) is 26.8 Å². The number of rotatable bonds is 5. The van der Waals surface area contributed by atoms with Crippen molar-refractivity contribution < 1.29 is 18.7 Å². The average molecular weight is 267 g/mol. The summed E-state index contributed by atoms with van der Waals surface area (Å²) in [6, 6.07) is 6.22. The van der Waals surface area contributed by atoms with Gasteiger partial charge in [-0.2, -0.15) is 0 Å². The maximum Gasteiger partial charge on any atom is 0.251 e. The third-order valence-electron chi connectivity index (χ3n) is 3.10. The summed E-state index contributed by atoms with van der Waals surface area (Å²) in [6.45, 7) is 1.32. The summed E-state index contributed by atoms with van der Waals surface area (Å²) in [7, 11) is 1.70. The van der Waals surface area contributed by atoms with Crippen LogP contribution in [-0.4, -0.2) is 43.7 Å². The summed E-state index contributed by atoms with van der Waals surface area (Å²) in [5.41, 5.74) is 0. The summed E-state index contributed by atoms with van der Waals surface area (Å²) >= 11 is 0. The molecule has 19 heavy (non-hydrogen) atoms. The Morgan fingerprint density at radius 2 is 2.32 bits per heavy atom. The lowest BCUT2D eigenvalue weighted by molar-refractivity contribution is -0.139. The Morgan fingerprint density at radius 1 is 1.53 bits per heavy atom. The number of likely N-dealkylation sites (N-methyl/N-ethyl adjacent to an activating group) is 1. The number of hydrogen-bond donors (Lipinski definition) is 0. The first kappa shape index (κ1) is 13.8. The maximum absolute atomic E-state index is 13.3. The van der Waals surface area contributed by atoms with E-state index < -0.39 is 5.82 Å². The predicted octanol–water partition coefficient (Wildman–Crippen LogP) is 1.84. The van der Waals surface area contributed by atoms with Crippen LogP contribution in [0, 0.1) is 5.82 Å². The molecule has 104 valence electrons. The van der Waals surface area contributed by atoms with E-state index in [4.69, 9.17) is 9.47 Å². The summed E-state index contributed by atoms with van der Waals surface area (Å²) in [6.07, 6.45) is 1.38. The van der Waals surface area contributed by atoms with Crippen LogP contribution in [0.25, 0.3) is 0 Å². The zero-order valence-electron chi connectivity index (χ0n) is 11.0. The van der Waals surface area contributed by atoms with E-state index in [1.807, 2.05) is 0 Å². The van der Waals surface area contributed by atoms with Crippen LogP contribution in [0.4, 0.5) is 4.39 Å². The van der Waals surface area contributed by atoms with Crippen LogP contribution in [0.15, 0.2) is 24.3 Å². The molecule has 1 aromatic carbocycles. The number of para-hydroxylation sites is 1. The quantitative estimate of drug-likeness (QED) is 0.817. The lowest BCUT2D eigenvalue weighted by Crippen LogP contribution is -2.38. The van der Waals surface area contributed by atoms with Crippen LogP contribution in [0.1, 0.15) is 12.8 Å². The third kappa shape index (κ3) is 3.67. The third-order valence-corrected chi connectivity index (χ3v) is 3.10. The van der Waals surface area contributed by atoms with Gasteiger partial charge in [0.05, 0.1) is 6.54 Å². The van der Waals surface area contributed by atoms with E-state index in [-0.39, 0.29) is 24.4 Å². The Bertz CT molecular complexity index is 432. The molecule has 0 bridgehead atoms. The van der Waals surface area contributed by atoms with E-state index in [0.29, 0.717) is 13.2 Å². The molecule has 1 aromatic rings. The van der Waals surface area contributed by atoms with Crippen LogP contribution >= 0.6 is 0 Å². The molecule has 1 fully saturated rings. The normalized spacial score (nSPS) is 18.3. The van der Waals surface area contributed by atoms with Crippen molar-refractivity contribution >= 4 is 5.91 Å². The highest BCUT2D eigenvalue weighted by Gasteiger charge is 2.26. The second kappa shape index (κ2) is 6.52. The molecule has 1 aliphatic heterocycles. The molecule has 0 N–H and O–H groups in total. The van der Waals surface area contributed by atoms with Gasteiger partial charge in [-0.15, -0.1) is 0 Å². The van der Waals surface area contributed by atoms with Gasteiger partial charge in [-0.3, -0.25) is 4.79 Å². The Kier molecular flexibility index (Phi) is 4.74. The molecule has 1 amide bonds. The van der Waals surface area contributed by atoms with Crippen molar-refractivity contribution in [2.45, 2.75) is 18.9 Å². The highest BCUT2D eigenvalue weighted by atomic mass is 19.1. The Labute approximate surface area is 112 Å². The molecule has 0 radical (unpaired) electrons. The Morgan fingerprint density at radius 3 is 3.00 bits per heavy atom. The number of amides is 1. The molecule has 1 heterocycles. The van der Waals surface area contributed by atoms with Gasteiger partial charge in [-0.1, -0.05) is 12.1 Å².